The van der Waals surface area contributed by atoms with Gasteiger partial charge in [-0.3, -0.25) is 10.1 Å². The van der Waals surface area contributed by atoms with Gasteiger partial charge in [-0.05, 0) is 34.8 Å². The molecule has 116 valence electrons. The summed E-state index contributed by atoms with van der Waals surface area (Å²) < 4.78 is 11.5. The summed E-state index contributed by atoms with van der Waals surface area (Å²) in [6, 6.07) is 4.89. The average Bonchev–Trinajstić information content (AvgIpc) is 2.48. The van der Waals surface area contributed by atoms with Crippen LogP contribution in [0.2, 0.25) is 0 Å². The highest BCUT2D eigenvalue weighted by Crippen LogP contribution is 2.32. The zero-order chi connectivity index (χ0) is 15.2. The first-order valence-electron chi connectivity index (χ1n) is 6.91. The van der Waals surface area contributed by atoms with E-state index in [9.17, 15) is 10.1 Å². The second kappa shape index (κ2) is 7.72. The molecular weight excluding hydrogens is 340 g/mol. The number of benzene rings is 1. The number of rotatable bonds is 6. The van der Waals surface area contributed by atoms with Gasteiger partial charge in [0.25, 0.3) is 5.69 Å². The standard InChI is InChI=1S/C14H19BrN2O4/c1-20-8-9-21-12-4-6-16(7-5-12)14-3-2-11(17(18)19)10-13(14)15/h2-3,10,12H,4-9H2,1H3. The van der Waals surface area contributed by atoms with Crippen molar-refractivity contribution in [3.63, 3.8) is 0 Å². The Morgan fingerprint density at radius 1 is 1.38 bits per heavy atom. The van der Waals surface area contributed by atoms with E-state index in [2.05, 4.69) is 20.8 Å². The number of non-ortho nitro benzene ring substituents is 1. The minimum Gasteiger partial charge on any atom is -0.382 e. The normalized spacial score (nSPS) is 16.2. The van der Waals surface area contributed by atoms with E-state index in [1.165, 1.54) is 0 Å². The Hall–Kier alpha value is -1.18. The molecule has 0 amide bonds. The molecular formula is C14H19BrN2O4. The highest BCUT2D eigenvalue weighted by atomic mass is 79.9. The molecule has 0 aliphatic carbocycles. The number of nitrogens with zero attached hydrogens (tertiary/aromatic N) is 2. The van der Waals surface area contributed by atoms with Crippen LogP contribution < -0.4 is 4.90 Å². The molecule has 1 aromatic rings. The van der Waals surface area contributed by atoms with Crippen molar-refractivity contribution >= 4 is 27.3 Å². The molecule has 0 bridgehead atoms. The van der Waals surface area contributed by atoms with E-state index in [-0.39, 0.29) is 16.7 Å². The molecule has 0 unspecified atom stereocenters. The van der Waals surface area contributed by atoms with Crippen LogP contribution in [0.1, 0.15) is 12.8 Å². The van der Waals surface area contributed by atoms with E-state index in [1.54, 1.807) is 25.3 Å². The highest BCUT2D eigenvalue weighted by molar-refractivity contribution is 9.10. The van der Waals surface area contributed by atoms with Crippen molar-refractivity contribution in [2.45, 2.75) is 18.9 Å². The fraction of sp³-hybridized carbons (Fsp3) is 0.571. The molecule has 1 aliphatic heterocycles. The second-order valence-electron chi connectivity index (χ2n) is 4.94. The molecule has 21 heavy (non-hydrogen) atoms. The molecule has 0 N–H and O–H groups in total. The van der Waals surface area contributed by atoms with Crippen molar-refractivity contribution in [3.05, 3.63) is 32.8 Å². The van der Waals surface area contributed by atoms with Crippen molar-refractivity contribution in [2.75, 3.05) is 38.3 Å². The van der Waals surface area contributed by atoms with Gasteiger partial charge >= 0.3 is 0 Å². The fourth-order valence-electron chi connectivity index (χ4n) is 2.43. The molecule has 0 spiro atoms. The number of nitro benzene ring substituents is 1. The summed E-state index contributed by atoms with van der Waals surface area (Å²) in [5.74, 6) is 0. The van der Waals surface area contributed by atoms with Gasteiger partial charge in [-0.15, -0.1) is 0 Å². The maximum absolute atomic E-state index is 10.8. The van der Waals surface area contributed by atoms with Crippen molar-refractivity contribution in [1.29, 1.82) is 0 Å². The summed E-state index contributed by atoms with van der Waals surface area (Å²) in [7, 11) is 1.66. The van der Waals surface area contributed by atoms with Crippen molar-refractivity contribution in [3.8, 4) is 0 Å². The number of ether oxygens (including phenoxy) is 2. The van der Waals surface area contributed by atoms with Crippen LogP contribution in [0, 0.1) is 10.1 Å². The molecule has 1 aliphatic rings. The summed E-state index contributed by atoms with van der Waals surface area (Å²) in [5, 5.41) is 10.8. The molecule has 0 radical (unpaired) electrons. The molecule has 1 heterocycles. The number of anilines is 1. The van der Waals surface area contributed by atoms with Gasteiger partial charge in [-0.2, -0.15) is 0 Å². The Kier molecular flexibility index (Phi) is 5.96. The predicted octanol–water partition coefficient (Wildman–Crippen LogP) is 2.99. The lowest BCUT2D eigenvalue weighted by atomic mass is 10.1. The first-order valence-corrected chi connectivity index (χ1v) is 7.70. The Morgan fingerprint density at radius 3 is 2.67 bits per heavy atom. The summed E-state index contributed by atoms with van der Waals surface area (Å²) >= 11 is 3.42. The first-order chi connectivity index (χ1) is 10.1. The van der Waals surface area contributed by atoms with E-state index >= 15 is 0 Å². The Balaban J connectivity index is 1.91. The topological polar surface area (TPSA) is 64.8 Å². The molecule has 0 atom stereocenters. The smallest absolute Gasteiger partial charge is 0.270 e. The number of piperidine rings is 1. The lowest BCUT2D eigenvalue weighted by Gasteiger charge is -2.34. The number of hydrogen-bond acceptors (Lipinski definition) is 5. The van der Waals surface area contributed by atoms with Crippen LogP contribution in [0.15, 0.2) is 22.7 Å². The highest BCUT2D eigenvalue weighted by Gasteiger charge is 2.22. The van der Waals surface area contributed by atoms with Gasteiger partial charge in [0.2, 0.25) is 0 Å². The lowest BCUT2D eigenvalue weighted by Crippen LogP contribution is -2.37. The van der Waals surface area contributed by atoms with Gasteiger partial charge in [-0.1, -0.05) is 0 Å². The zero-order valence-electron chi connectivity index (χ0n) is 12.0. The van der Waals surface area contributed by atoms with Crippen LogP contribution in [0.25, 0.3) is 0 Å². The summed E-state index contributed by atoms with van der Waals surface area (Å²) in [5.41, 5.74) is 1.10. The number of nitro groups is 1. The van der Waals surface area contributed by atoms with Crippen LogP contribution in [0.4, 0.5) is 11.4 Å². The van der Waals surface area contributed by atoms with Gasteiger partial charge in [0.15, 0.2) is 0 Å². The van der Waals surface area contributed by atoms with Gasteiger partial charge in [0.05, 0.1) is 29.9 Å². The van der Waals surface area contributed by atoms with E-state index in [4.69, 9.17) is 9.47 Å². The van der Waals surface area contributed by atoms with Crippen LogP contribution >= 0.6 is 15.9 Å². The monoisotopic (exact) mass is 358 g/mol. The molecule has 2 rings (SSSR count). The van der Waals surface area contributed by atoms with Crippen LogP contribution in [0.3, 0.4) is 0 Å². The third-order valence-corrected chi connectivity index (χ3v) is 4.20. The molecule has 1 saturated heterocycles. The number of halogens is 1. The van der Waals surface area contributed by atoms with Gasteiger partial charge in [0.1, 0.15) is 0 Å². The van der Waals surface area contributed by atoms with Crippen molar-refractivity contribution in [2.24, 2.45) is 0 Å². The SMILES string of the molecule is COCCOC1CCN(c2ccc([N+](=O)[O-])cc2Br)CC1. The minimum absolute atomic E-state index is 0.100. The quantitative estimate of drug-likeness (QED) is 0.444. The van der Waals surface area contributed by atoms with Gasteiger partial charge in [-0.25, -0.2) is 0 Å². The van der Waals surface area contributed by atoms with Gasteiger partial charge < -0.3 is 14.4 Å². The van der Waals surface area contributed by atoms with Crippen molar-refractivity contribution < 1.29 is 14.4 Å². The molecule has 6 nitrogen and oxygen atoms in total. The van der Waals surface area contributed by atoms with E-state index in [0.29, 0.717) is 13.2 Å². The van der Waals surface area contributed by atoms with Crippen molar-refractivity contribution in [1.82, 2.24) is 0 Å². The summed E-state index contributed by atoms with van der Waals surface area (Å²) in [6.07, 6.45) is 2.17. The van der Waals surface area contributed by atoms with Crippen LogP contribution in [-0.4, -0.2) is 44.4 Å². The molecule has 7 heteroatoms. The van der Waals surface area contributed by atoms with E-state index < -0.39 is 0 Å². The minimum atomic E-state index is -0.385. The number of hydrogen-bond donors (Lipinski definition) is 0. The van der Waals surface area contributed by atoms with Crippen LogP contribution in [-0.2, 0) is 9.47 Å². The van der Waals surface area contributed by atoms with E-state index in [0.717, 1.165) is 36.1 Å². The second-order valence-corrected chi connectivity index (χ2v) is 5.80. The average molecular weight is 359 g/mol. The fourth-order valence-corrected chi connectivity index (χ4v) is 3.04. The number of methoxy groups -OCH3 is 1. The molecule has 1 fully saturated rings. The van der Waals surface area contributed by atoms with E-state index in [1.807, 2.05) is 0 Å². The van der Waals surface area contributed by atoms with Gasteiger partial charge in [0, 0.05) is 36.8 Å². The predicted molar refractivity (Wildman–Crippen MR) is 83.9 cm³/mol. The summed E-state index contributed by atoms with van der Waals surface area (Å²) in [4.78, 5) is 12.6. The molecule has 0 saturated carbocycles. The Labute approximate surface area is 132 Å². The van der Waals surface area contributed by atoms with Crippen LogP contribution in [0.5, 0.6) is 0 Å². The molecule has 1 aromatic carbocycles. The Bertz CT molecular complexity index is 490. The largest absolute Gasteiger partial charge is 0.382 e. The first kappa shape index (κ1) is 16.2. The third kappa shape index (κ3) is 4.39. The maximum atomic E-state index is 10.8. The third-order valence-electron chi connectivity index (χ3n) is 3.57. The Morgan fingerprint density at radius 2 is 2.10 bits per heavy atom. The zero-order valence-corrected chi connectivity index (χ0v) is 13.5. The lowest BCUT2D eigenvalue weighted by molar-refractivity contribution is -0.384. The molecule has 0 aromatic heterocycles. The summed E-state index contributed by atoms with van der Waals surface area (Å²) in [6.45, 7) is 3.01. The maximum Gasteiger partial charge on any atom is 0.270 e.